The van der Waals surface area contributed by atoms with Crippen molar-refractivity contribution in [3.05, 3.63) is 72.4 Å². The lowest BCUT2D eigenvalue weighted by Gasteiger charge is -2.21. The number of allylic oxidation sites excluding steroid dienone is 11. The van der Waals surface area contributed by atoms with Crippen LogP contribution in [0, 0.1) is 23.7 Å². The highest BCUT2D eigenvalue weighted by Gasteiger charge is 2.18. The van der Waals surface area contributed by atoms with E-state index in [1.165, 1.54) is 0 Å². The summed E-state index contributed by atoms with van der Waals surface area (Å²) < 4.78 is 0. The fourth-order valence-electron chi connectivity index (χ4n) is 2.85. The third-order valence-electron chi connectivity index (χ3n) is 3.94. The molecule has 2 nitrogen and oxygen atoms in total. The first kappa shape index (κ1) is 12.9. The van der Waals surface area contributed by atoms with Crippen molar-refractivity contribution in [3.63, 3.8) is 0 Å². The molecule has 0 aromatic carbocycles. The van der Waals surface area contributed by atoms with E-state index in [-0.39, 0.29) is 18.3 Å². The highest BCUT2D eigenvalue weighted by molar-refractivity contribution is 5.70. The number of carboxylic acids is 1. The van der Waals surface area contributed by atoms with Crippen LogP contribution in [0.5, 0.6) is 0 Å². The SMILES string of the molecule is O=C(O)CC1=CC2C=CC3C=CC(C=C3)/C=C\C1C=C2. The van der Waals surface area contributed by atoms with Crippen LogP contribution in [0.1, 0.15) is 6.42 Å². The van der Waals surface area contributed by atoms with Gasteiger partial charge in [0.1, 0.15) is 0 Å². The Labute approximate surface area is 119 Å². The second kappa shape index (κ2) is 5.49. The van der Waals surface area contributed by atoms with Gasteiger partial charge in [0.2, 0.25) is 0 Å². The van der Waals surface area contributed by atoms with E-state index in [1.807, 2.05) is 0 Å². The maximum Gasteiger partial charge on any atom is 0.307 e. The van der Waals surface area contributed by atoms with Crippen molar-refractivity contribution in [2.24, 2.45) is 23.7 Å². The molecule has 0 fully saturated rings. The van der Waals surface area contributed by atoms with Gasteiger partial charge in [0, 0.05) is 23.7 Å². The van der Waals surface area contributed by atoms with Gasteiger partial charge in [0.15, 0.2) is 0 Å². The second-order valence-electron chi connectivity index (χ2n) is 5.49. The summed E-state index contributed by atoms with van der Waals surface area (Å²) in [4.78, 5) is 11.0. The maximum atomic E-state index is 11.0. The molecule has 1 N–H and O–H groups in total. The number of rotatable bonds is 2. The summed E-state index contributed by atoms with van der Waals surface area (Å²) in [7, 11) is 0. The molecule has 0 amide bonds. The minimum atomic E-state index is -0.763. The third-order valence-corrected chi connectivity index (χ3v) is 3.94. The molecule has 0 aliphatic heterocycles. The van der Waals surface area contributed by atoms with Gasteiger partial charge in [-0.3, -0.25) is 4.79 Å². The van der Waals surface area contributed by atoms with Crippen LogP contribution in [0.4, 0.5) is 0 Å². The molecule has 0 radical (unpaired) electrons. The molecule has 6 aliphatic rings. The molecular weight excluding hydrogens is 248 g/mol. The van der Waals surface area contributed by atoms with Crippen LogP contribution in [0.15, 0.2) is 72.4 Å². The van der Waals surface area contributed by atoms with Crippen molar-refractivity contribution < 1.29 is 9.90 Å². The number of carbonyl (C=O) groups is 1. The Morgan fingerprint density at radius 2 is 1.25 bits per heavy atom. The molecule has 102 valence electrons. The summed E-state index contributed by atoms with van der Waals surface area (Å²) in [5, 5.41) is 9.06. The summed E-state index contributed by atoms with van der Waals surface area (Å²) in [6, 6.07) is 0. The molecule has 2 atom stereocenters. The minimum absolute atomic E-state index is 0.106. The topological polar surface area (TPSA) is 37.3 Å². The standard InChI is InChI=1S/C18H18O2/c19-18(20)12-17-11-15-6-5-13-1-3-14(4-2-13)7-9-16(17)10-8-15/h1-11,13-16H,12H2,(H,19,20)/b6-5?,9-7-. The zero-order valence-electron chi connectivity index (χ0n) is 11.2. The Kier molecular flexibility index (Phi) is 3.55. The van der Waals surface area contributed by atoms with E-state index in [2.05, 4.69) is 66.8 Å². The van der Waals surface area contributed by atoms with E-state index in [1.54, 1.807) is 0 Å². The Morgan fingerprint density at radius 1 is 0.800 bits per heavy atom. The van der Waals surface area contributed by atoms with E-state index >= 15 is 0 Å². The van der Waals surface area contributed by atoms with Crippen molar-refractivity contribution >= 4 is 5.97 Å². The van der Waals surface area contributed by atoms with E-state index in [4.69, 9.17) is 5.11 Å². The lowest BCUT2D eigenvalue weighted by atomic mass is 9.83. The molecule has 0 saturated carbocycles. The van der Waals surface area contributed by atoms with Gasteiger partial charge in [0.25, 0.3) is 0 Å². The summed E-state index contributed by atoms with van der Waals surface area (Å²) >= 11 is 0. The summed E-state index contributed by atoms with van der Waals surface area (Å²) in [6.45, 7) is 0. The molecule has 4 bridgehead atoms. The zero-order chi connectivity index (χ0) is 13.9. The van der Waals surface area contributed by atoms with E-state index < -0.39 is 5.97 Å². The van der Waals surface area contributed by atoms with Gasteiger partial charge in [0.05, 0.1) is 6.42 Å². The Bertz CT molecular complexity index is 558. The van der Waals surface area contributed by atoms with Crippen molar-refractivity contribution in [1.29, 1.82) is 0 Å². The highest BCUT2D eigenvalue weighted by atomic mass is 16.4. The molecule has 2 unspecified atom stereocenters. The third kappa shape index (κ3) is 2.90. The molecule has 20 heavy (non-hydrogen) atoms. The lowest BCUT2D eigenvalue weighted by molar-refractivity contribution is -0.136. The van der Waals surface area contributed by atoms with Gasteiger partial charge in [-0.2, -0.15) is 0 Å². The first-order valence-electron chi connectivity index (χ1n) is 7.05. The Balaban J connectivity index is 1.94. The van der Waals surface area contributed by atoms with Crippen LogP contribution in [-0.2, 0) is 4.79 Å². The van der Waals surface area contributed by atoms with Gasteiger partial charge in [-0.15, -0.1) is 0 Å². The Morgan fingerprint density at radius 3 is 1.80 bits per heavy atom. The predicted octanol–water partition coefficient (Wildman–Crippen LogP) is 3.67. The molecule has 0 aromatic rings. The fraction of sp³-hybridized carbons (Fsp3) is 0.278. The second-order valence-corrected chi connectivity index (χ2v) is 5.49. The van der Waals surface area contributed by atoms with Crippen LogP contribution in [-0.4, -0.2) is 11.1 Å². The normalized spacial score (nSPS) is 35.5. The maximum absolute atomic E-state index is 11.0. The number of carboxylic acid groups (broad SMARTS) is 1. The van der Waals surface area contributed by atoms with E-state index in [9.17, 15) is 4.79 Å². The van der Waals surface area contributed by atoms with Gasteiger partial charge < -0.3 is 5.11 Å². The quantitative estimate of drug-likeness (QED) is 0.774. The first-order chi connectivity index (χ1) is 9.70. The average Bonchev–Trinajstić information content (AvgIpc) is 2.42. The highest BCUT2D eigenvalue weighted by Crippen LogP contribution is 2.29. The van der Waals surface area contributed by atoms with Crippen LogP contribution in [0.3, 0.4) is 0 Å². The minimum Gasteiger partial charge on any atom is -0.481 e. The summed E-state index contributed by atoms with van der Waals surface area (Å²) in [5.41, 5.74) is 0.982. The zero-order valence-corrected chi connectivity index (χ0v) is 11.2. The molecule has 0 spiro atoms. The van der Waals surface area contributed by atoms with Gasteiger partial charge in [-0.05, 0) is 0 Å². The van der Waals surface area contributed by atoms with Crippen molar-refractivity contribution in [2.75, 3.05) is 0 Å². The fourth-order valence-corrected chi connectivity index (χ4v) is 2.85. The van der Waals surface area contributed by atoms with Crippen LogP contribution in [0.25, 0.3) is 0 Å². The van der Waals surface area contributed by atoms with Crippen LogP contribution < -0.4 is 0 Å². The van der Waals surface area contributed by atoms with E-state index in [0.29, 0.717) is 11.8 Å². The number of hydrogen-bond acceptors (Lipinski definition) is 1. The monoisotopic (exact) mass is 266 g/mol. The number of aliphatic carboxylic acids is 1. The average molecular weight is 266 g/mol. The smallest absolute Gasteiger partial charge is 0.307 e. The Hall–Kier alpha value is -2.09. The van der Waals surface area contributed by atoms with Crippen LogP contribution >= 0.6 is 0 Å². The van der Waals surface area contributed by atoms with Crippen molar-refractivity contribution in [2.45, 2.75) is 6.42 Å². The van der Waals surface area contributed by atoms with Gasteiger partial charge in [-0.25, -0.2) is 0 Å². The molecule has 6 rings (SSSR count). The molecule has 0 saturated heterocycles. The molecule has 6 aliphatic carbocycles. The van der Waals surface area contributed by atoms with Crippen molar-refractivity contribution in [3.8, 4) is 0 Å². The number of hydrogen-bond donors (Lipinski definition) is 1. The molecule has 0 heterocycles. The summed E-state index contributed by atoms with van der Waals surface area (Å²) in [5.74, 6) is 0.210. The molecule has 2 heteroatoms. The molecular formula is C18H18O2. The first-order valence-corrected chi connectivity index (χ1v) is 7.05. The predicted molar refractivity (Wildman–Crippen MR) is 80.0 cm³/mol. The van der Waals surface area contributed by atoms with Crippen molar-refractivity contribution in [1.82, 2.24) is 0 Å². The van der Waals surface area contributed by atoms with Gasteiger partial charge >= 0.3 is 5.97 Å². The largest absolute Gasteiger partial charge is 0.481 e. The molecule has 0 aromatic heterocycles. The lowest BCUT2D eigenvalue weighted by Crippen LogP contribution is -2.11. The van der Waals surface area contributed by atoms with E-state index in [0.717, 1.165) is 5.57 Å². The van der Waals surface area contributed by atoms with Gasteiger partial charge in [-0.1, -0.05) is 72.4 Å². The van der Waals surface area contributed by atoms with Crippen LogP contribution in [0.2, 0.25) is 0 Å². The summed E-state index contributed by atoms with van der Waals surface area (Å²) in [6.07, 6.45) is 23.9.